The highest BCUT2D eigenvalue weighted by atomic mass is 19.1. The number of aromatic nitrogens is 2. The van der Waals surface area contributed by atoms with E-state index in [2.05, 4.69) is 15.5 Å². The Balaban J connectivity index is 1.36. The highest BCUT2D eigenvalue weighted by Crippen LogP contribution is 2.23. The molecule has 0 bridgehead atoms. The maximum Gasteiger partial charge on any atom is 0.243 e. The largest absolute Gasteiger partial charge is 0.444 e. The van der Waals surface area contributed by atoms with Crippen molar-refractivity contribution in [1.82, 2.24) is 20.4 Å². The Morgan fingerprint density at radius 1 is 1.30 bits per heavy atom. The second-order valence-corrected chi connectivity index (χ2v) is 7.29. The number of alkyl halides is 1. The van der Waals surface area contributed by atoms with E-state index in [1.807, 2.05) is 24.3 Å². The molecule has 1 fully saturated rings. The predicted molar refractivity (Wildman–Crippen MR) is 104 cm³/mol. The Bertz CT molecular complexity index is 1020. The Kier molecular flexibility index (Phi) is 5.60. The summed E-state index contributed by atoms with van der Waals surface area (Å²) >= 11 is 0. The van der Waals surface area contributed by atoms with Crippen molar-refractivity contribution in [2.45, 2.75) is 38.5 Å². The third-order valence-corrected chi connectivity index (χ3v) is 5.01. The monoisotopic (exact) mass is 412 g/mol. The van der Waals surface area contributed by atoms with Gasteiger partial charge < -0.3 is 19.2 Å². The zero-order valence-electron chi connectivity index (χ0n) is 16.4. The standard InChI is InChI=1S/C21H21FN4O4/c1-13-6-17(30-25-13)8-20(27)26-11-16(22)7-18(26)21(28)24-9-14-2-4-15(5-3-14)19-10-23-12-29-19/h2-6,10,12,16,18H,7-9,11H2,1H3,(H,24,28). The number of carbonyl (C=O) groups excluding carboxylic acids is 2. The van der Waals surface area contributed by atoms with Crippen molar-refractivity contribution in [2.75, 3.05) is 6.54 Å². The van der Waals surface area contributed by atoms with Gasteiger partial charge in [0.05, 0.1) is 24.9 Å². The minimum atomic E-state index is -1.23. The molecule has 9 heteroatoms. The maximum absolute atomic E-state index is 14.0. The summed E-state index contributed by atoms with van der Waals surface area (Å²) in [7, 11) is 0. The van der Waals surface area contributed by atoms with Crippen LogP contribution in [0, 0.1) is 6.92 Å². The minimum Gasteiger partial charge on any atom is -0.444 e. The molecule has 156 valence electrons. The molecule has 0 radical (unpaired) electrons. The summed E-state index contributed by atoms with van der Waals surface area (Å²) < 4.78 is 24.3. The first-order valence-corrected chi connectivity index (χ1v) is 9.61. The van der Waals surface area contributed by atoms with Crippen LogP contribution in [0.4, 0.5) is 4.39 Å². The van der Waals surface area contributed by atoms with Crippen molar-refractivity contribution >= 4 is 11.8 Å². The molecule has 2 aromatic heterocycles. The van der Waals surface area contributed by atoms with Gasteiger partial charge in [0.25, 0.3) is 0 Å². The quantitative estimate of drug-likeness (QED) is 0.667. The Morgan fingerprint density at radius 2 is 2.10 bits per heavy atom. The first-order chi connectivity index (χ1) is 14.5. The fraction of sp³-hybridized carbons (Fsp3) is 0.333. The van der Waals surface area contributed by atoms with Gasteiger partial charge in [0, 0.05) is 24.6 Å². The van der Waals surface area contributed by atoms with Crippen LogP contribution in [0.1, 0.15) is 23.4 Å². The number of benzene rings is 1. The lowest BCUT2D eigenvalue weighted by Gasteiger charge is -2.23. The number of hydrogen-bond acceptors (Lipinski definition) is 6. The normalized spacial score (nSPS) is 18.5. The van der Waals surface area contributed by atoms with Gasteiger partial charge in [0.15, 0.2) is 12.2 Å². The second kappa shape index (κ2) is 8.48. The van der Waals surface area contributed by atoms with Gasteiger partial charge in [-0.25, -0.2) is 9.37 Å². The van der Waals surface area contributed by atoms with E-state index >= 15 is 0 Å². The molecule has 1 aromatic carbocycles. The van der Waals surface area contributed by atoms with Crippen LogP contribution < -0.4 is 5.32 Å². The van der Waals surface area contributed by atoms with E-state index in [0.29, 0.717) is 17.2 Å². The van der Waals surface area contributed by atoms with Gasteiger partial charge in [-0.15, -0.1) is 0 Å². The number of hydrogen-bond donors (Lipinski definition) is 1. The highest BCUT2D eigenvalue weighted by molar-refractivity contribution is 5.89. The second-order valence-electron chi connectivity index (χ2n) is 7.29. The lowest BCUT2D eigenvalue weighted by Crippen LogP contribution is -2.46. The minimum absolute atomic E-state index is 0.0164. The molecule has 4 rings (SSSR count). The molecule has 0 spiro atoms. The number of nitrogens with zero attached hydrogens (tertiary/aromatic N) is 3. The molecule has 1 aliphatic heterocycles. The first kappa shape index (κ1) is 19.8. The van der Waals surface area contributed by atoms with Crippen LogP contribution in [0.2, 0.25) is 0 Å². The lowest BCUT2D eigenvalue weighted by atomic mass is 10.1. The molecule has 0 saturated carbocycles. The van der Waals surface area contributed by atoms with Crippen LogP contribution in [0.5, 0.6) is 0 Å². The molecule has 3 heterocycles. The van der Waals surface area contributed by atoms with Crippen molar-refractivity contribution < 1.29 is 22.9 Å². The molecule has 30 heavy (non-hydrogen) atoms. The average molecular weight is 412 g/mol. The van der Waals surface area contributed by atoms with Crippen LogP contribution in [0.25, 0.3) is 11.3 Å². The van der Waals surface area contributed by atoms with Crippen molar-refractivity contribution in [3.8, 4) is 11.3 Å². The summed E-state index contributed by atoms with van der Waals surface area (Å²) in [6, 6.07) is 8.26. The lowest BCUT2D eigenvalue weighted by molar-refractivity contribution is -0.138. The van der Waals surface area contributed by atoms with Gasteiger partial charge in [0.1, 0.15) is 18.0 Å². The number of carbonyl (C=O) groups is 2. The summed E-state index contributed by atoms with van der Waals surface area (Å²) in [5.41, 5.74) is 2.40. The Morgan fingerprint density at radius 3 is 2.77 bits per heavy atom. The Labute approximate surface area is 172 Å². The van der Waals surface area contributed by atoms with Gasteiger partial charge in [-0.05, 0) is 12.5 Å². The topological polar surface area (TPSA) is 101 Å². The van der Waals surface area contributed by atoms with Crippen LogP contribution in [0.15, 0.2) is 51.9 Å². The van der Waals surface area contributed by atoms with E-state index in [9.17, 15) is 14.0 Å². The highest BCUT2D eigenvalue weighted by Gasteiger charge is 2.39. The van der Waals surface area contributed by atoms with E-state index in [1.165, 1.54) is 11.3 Å². The average Bonchev–Trinajstić information content (AvgIpc) is 3.48. The molecule has 2 amide bonds. The van der Waals surface area contributed by atoms with Crippen LogP contribution in [-0.4, -0.2) is 45.6 Å². The molecular formula is C21H21FN4O4. The number of rotatable bonds is 6. The first-order valence-electron chi connectivity index (χ1n) is 9.61. The molecule has 1 N–H and O–H groups in total. The van der Waals surface area contributed by atoms with Crippen molar-refractivity contribution in [3.63, 3.8) is 0 Å². The SMILES string of the molecule is Cc1cc(CC(=O)N2CC(F)CC2C(=O)NCc2ccc(-c3cnco3)cc2)on1. The van der Waals surface area contributed by atoms with Gasteiger partial charge in [0.2, 0.25) is 11.8 Å². The molecule has 3 aromatic rings. The smallest absolute Gasteiger partial charge is 0.243 e. The third-order valence-electron chi connectivity index (χ3n) is 5.01. The zero-order valence-corrected chi connectivity index (χ0v) is 16.4. The third kappa shape index (κ3) is 4.40. The molecule has 0 aliphatic carbocycles. The van der Waals surface area contributed by atoms with E-state index in [0.717, 1.165) is 11.1 Å². The zero-order chi connectivity index (χ0) is 21.1. The van der Waals surface area contributed by atoms with Gasteiger partial charge in [-0.3, -0.25) is 9.59 Å². The van der Waals surface area contributed by atoms with Crippen molar-refractivity contribution in [2.24, 2.45) is 0 Å². The summed E-state index contributed by atoms with van der Waals surface area (Å²) in [5, 5.41) is 6.54. The summed E-state index contributed by atoms with van der Waals surface area (Å²) in [6.07, 6.45) is 1.68. The van der Waals surface area contributed by atoms with Crippen LogP contribution >= 0.6 is 0 Å². The summed E-state index contributed by atoms with van der Waals surface area (Å²) in [4.78, 5) is 30.4. The number of nitrogens with one attached hydrogen (secondary N) is 1. The summed E-state index contributed by atoms with van der Waals surface area (Å²) in [5.74, 6) is 0.312. The molecule has 2 unspecified atom stereocenters. The number of oxazole rings is 1. The molecule has 1 saturated heterocycles. The van der Waals surface area contributed by atoms with E-state index in [4.69, 9.17) is 8.94 Å². The molecule has 8 nitrogen and oxygen atoms in total. The fourth-order valence-corrected chi connectivity index (χ4v) is 3.51. The summed E-state index contributed by atoms with van der Waals surface area (Å²) in [6.45, 7) is 1.92. The van der Waals surface area contributed by atoms with Crippen LogP contribution in [0.3, 0.4) is 0 Å². The predicted octanol–water partition coefficient (Wildman–Crippen LogP) is 2.44. The number of amides is 2. The van der Waals surface area contributed by atoms with Crippen molar-refractivity contribution in [1.29, 1.82) is 0 Å². The van der Waals surface area contributed by atoms with Crippen LogP contribution in [-0.2, 0) is 22.6 Å². The number of likely N-dealkylation sites (tertiary alicyclic amines) is 1. The van der Waals surface area contributed by atoms with Gasteiger partial charge >= 0.3 is 0 Å². The Hall–Kier alpha value is -3.49. The number of aryl methyl sites for hydroxylation is 1. The number of halogens is 1. The van der Waals surface area contributed by atoms with Gasteiger partial charge in [-0.2, -0.15) is 0 Å². The maximum atomic E-state index is 14.0. The fourth-order valence-electron chi connectivity index (χ4n) is 3.51. The van der Waals surface area contributed by atoms with Gasteiger partial charge in [-0.1, -0.05) is 29.4 Å². The van der Waals surface area contributed by atoms with E-state index < -0.39 is 12.2 Å². The van der Waals surface area contributed by atoms with E-state index in [-0.39, 0.29) is 37.7 Å². The van der Waals surface area contributed by atoms with E-state index in [1.54, 1.807) is 19.2 Å². The van der Waals surface area contributed by atoms with Crippen molar-refractivity contribution in [3.05, 3.63) is 59.9 Å². The molecular weight excluding hydrogens is 391 g/mol. The molecule has 1 aliphatic rings. The molecule has 2 atom stereocenters.